The molecule has 12 heteroatoms. The van der Waals surface area contributed by atoms with Crippen LogP contribution in [-0.2, 0) is 14.6 Å². The van der Waals surface area contributed by atoms with Gasteiger partial charge in [-0.15, -0.1) is 5.10 Å². The summed E-state index contributed by atoms with van der Waals surface area (Å²) in [4.78, 5) is 15.9. The lowest BCUT2D eigenvalue weighted by molar-refractivity contribution is 0.187. The van der Waals surface area contributed by atoms with Crippen LogP contribution in [0.25, 0.3) is 5.65 Å². The van der Waals surface area contributed by atoms with E-state index in [0.29, 0.717) is 29.0 Å². The molecule has 2 aromatic heterocycles. The van der Waals surface area contributed by atoms with Crippen LogP contribution in [0.2, 0.25) is 0 Å². The molecule has 0 saturated heterocycles. The van der Waals surface area contributed by atoms with E-state index in [1.807, 2.05) is 0 Å². The summed E-state index contributed by atoms with van der Waals surface area (Å²) in [5, 5.41) is 13.4. The third kappa shape index (κ3) is 4.22. The van der Waals surface area contributed by atoms with Crippen molar-refractivity contribution in [3.8, 4) is 0 Å². The minimum absolute atomic E-state index is 0.0263. The molecule has 11 nitrogen and oxygen atoms in total. The van der Waals surface area contributed by atoms with E-state index in [1.54, 1.807) is 12.1 Å². The van der Waals surface area contributed by atoms with Crippen LogP contribution in [-0.4, -0.2) is 48.5 Å². The Morgan fingerprint density at radius 2 is 1.97 bits per heavy atom. The van der Waals surface area contributed by atoms with Crippen LogP contribution in [0.5, 0.6) is 0 Å². The SMILES string of the molecule is COC(=O)Nc1cc(Nc2cc(NC3CC3)c3ncc(N)n3n2)cc(S(C)(=O)=O)c1. The van der Waals surface area contributed by atoms with E-state index in [2.05, 4.69) is 30.8 Å². The Balaban J connectivity index is 1.74. The lowest BCUT2D eigenvalue weighted by Gasteiger charge is -2.13. The van der Waals surface area contributed by atoms with Crippen LogP contribution in [0.15, 0.2) is 35.4 Å². The molecule has 0 unspecified atom stereocenters. The second kappa shape index (κ2) is 7.37. The molecule has 4 rings (SSSR count). The van der Waals surface area contributed by atoms with Crippen LogP contribution in [0, 0.1) is 0 Å². The van der Waals surface area contributed by atoms with Gasteiger partial charge in [0.15, 0.2) is 21.3 Å². The van der Waals surface area contributed by atoms with Gasteiger partial charge in [0.2, 0.25) is 0 Å². The van der Waals surface area contributed by atoms with Crippen LogP contribution in [0.3, 0.4) is 0 Å². The summed E-state index contributed by atoms with van der Waals surface area (Å²) in [5.74, 6) is 0.787. The molecule has 0 spiro atoms. The average Bonchev–Trinajstić information content (AvgIpc) is 3.42. The lowest BCUT2D eigenvalue weighted by atomic mass is 10.2. The Morgan fingerprint density at radius 3 is 2.63 bits per heavy atom. The number of methoxy groups -OCH3 is 1. The van der Waals surface area contributed by atoms with Gasteiger partial charge >= 0.3 is 6.09 Å². The molecule has 3 aromatic rings. The molecule has 1 saturated carbocycles. The quantitative estimate of drug-likeness (QED) is 0.460. The highest BCUT2D eigenvalue weighted by molar-refractivity contribution is 7.90. The molecular weight excluding hydrogens is 410 g/mol. The fourth-order valence-corrected chi connectivity index (χ4v) is 3.56. The van der Waals surface area contributed by atoms with E-state index < -0.39 is 15.9 Å². The van der Waals surface area contributed by atoms with E-state index in [1.165, 1.54) is 30.0 Å². The van der Waals surface area contributed by atoms with E-state index in [-0.39, 0.29) is 10.6 Å². The average molecular weight is 431 g/mol. The summed E-state index contributed by atoms with van der Waals surface area (Å²) < 4.78 is 30.3. The number of sulfone groups is 1. The topological polar surface area (TPSA) is 153 Å². The van der Waals surface area contributed by atoms with Crippen molar-refractivity contribution in [2.24, 2.45) is 0 Å². The van der Waals surface area contributed by atoms with Gasteiger partial charge in [-0.1, -0.05) is 0 Å². The summed E-state index contributed by atoms with van der Waals surface area (Å²) in [6, 6.07) is 6.53. The molecule has 1 fully saturated rings. The largest absolute Gasteiger partial charge is 0.453 e. The summed E-state index contributed by atoms with van der Waals surface area (Å²) in [7, 11) is -2.31. The smallest absolute Gasteiger partial charge is 0.411 e. The molecule has 0 atom stereocenters. The second-order valence-electron chi connectivity index (χ2n) is 7.04. The summed E-state index contributed by atoms with van der Waals surface area (Å²) in [5.41, 5.74) is 8.00. The van der Waals surface area contributed by atoms with Gasteiger partial charge in [-0.25, -0.2) is 18.2 Å². The van der Waals surface area contributed by atoms with E-state index in [9.17, 15) is 13.2 Å². The first-order valence-corrected chi connectivity index (χ1v) is 11.0. The number of benzene rings is 1. The molecule has 158 valence electrons. The number of nitrogens with one attached hydrogen (secondary N) is 3. The predicted molar refractivity (Wildman–Crippen MR) is 113 cm³/mol. The van der Waals surface area contributed by atoms with Gasteiger partial charge in [-0.3, -0.25) is 5.32 Å². The molecule has 1 aromatic carbocycles. The number of fused-ring (bicyclic) bond motifs is 1. The van der Waals surface area contributed by atoms with Crippen LogP contribution >= 0.6 is 0 Å². The molecule has 0 radical (unpaired) electrons. The maximum absolute atomic E-state index is 12.1. The summed E-state index contributed by atoms with van der Waals surface area (Å²) in [6.45, 7) is 0. The maximum atomic E-state index is 12.1. The van der Waals surface area contributed by atoms with E-state index in [4.69, 9.17) is 5.73 Å². The highest BCUT2D eigenvalue weighted by atomic mass is 32.2. The number of hydrogen-bond donors (Lipinski definition) is 4. The predicted octanol–water partition coefficient (Wildman–Crippen LogP) is 2.21. The van der Waals surface area contributed by atoms with Crippen molar-refractivity contribution in [3.05, 3.63) is 30.5 Å². The highest BCUT2D eigenvalue weighted by Gasteiger charge is 2.23. The number of amides is 1. The Hall–Kier alpha value is -3.54. The van der Waals surface area contributed by atoms with Crippen molar-refractivity contribution in [2.75, 3.05) is 35.0 Å². The monoisotopic (exact) mass is 431 g/mol. The van der Waals surface area contributed by atoms with Crippen molar-refractivity contribution in [1.29, 1.82) is 0 Å². The van der Waals surface area contributed by atoms with Gasteiger partial charge in [0.1, 0.15) is 5.82 Å². The van der Waals surface area contributed by atoms with Gasteiger partial charge in [0, 0.05) is 29.7 Å². The molecule has 1 amide bonds. The van der Waals surface area contributed by atoms with Crippen LogP contribution in [0.1, 0.15) is 12.8 Å². The zero-order valence-corrected chi connectivity index (χ0v) is 17.2. The number of nitrogens with zero attached hydrogens (tertiary/aromatic N) is 3. The standard InChI is InChI=1S/C18H21N7O4S/c1-29-18(26)23-12-5-11(6-13(7-12)30(2,27)28)22-16-8-14(21-10-3-4-10)17-20-9-15(19)25(17)24-16/h5-10,21H,3-4,19H2,1-2H3,(H,22,24)(H,23,26). The third-order valence-corrected chi connectivity index (χ3v) is 5.56. The fraction of sp³-hybridized carbons (Fsp3) is 0.278. The van der Waals surface area contributed by atoms with Crippen LogP contribution in [0.4, 0.5) is 33.5 Å². The minimum Gasteiger partial charge on any atom is -0.453 e. The zero-order chi connectivity index (χ0) is 21.5. The number of nitrogen functional groups attached to an aromatic ring is 1. The molecule has 1 aliphatic carbocycles. The number of anilines is 5. The number of nitrogens with two attached hydrogens (primary N) is 1. The normalized spacial score (nSPS) is 13.8. The third-order valence-electron chi connectivity index (χ3n) is 4.47. The number of ether oxygens (including phenoxy) is 1. The lowest BCUT2D eigenvalue weighted by Crippen LogP contribution is -2.12. The highest BCUT2D eigenvalue weighted by Crippen LogP contribution is 2.30. The molecule has 1 aliphatic rings. The molecule has 30 heavy (non-hydrogen) atoms. The number of rotatable bonds is 6. The van der Waals surface area contributed by atoms with Crippen LogP contribution < -0.4 is 21.7 Å². The Bertz CT molecular complexity index is 1230. The zero-order valence-electron chi connectivity index (χ0n) is 16.3. The number of aromatic nitrogens is 3. The molecule has 2 heterocycles. The number of hydrogen-bond acceptors (Lipinski definition) is 9. The number of carbonyl (C=O) groups excluding carboxylic acids is 1. The van der Waals surface area contributed by atoms with Crippen molar-refractivity contribution < 1.29 is 17.9 Å². The minimum atomic E-state index is -3.53. The Morgan fingerprint density at radius 1 is 1.23 bits per heavy atom. The maximum Gasteiger partial charge on any atom is 0.411 e. The molecule has 5 N–H and O–H groups in total. The van der Waals surface area contributed by atoms with Gasteiger partial charge in [0.25, 0.3) is 0 Å². The molecule has 0 bridgehead atoms. The second-order valence-corrected chi connectivity index (χ2v) is 9.06. The van der Waals surface area contributed by atoms with E-state index in [0.717, 1.165) is 24.8 Å². The van der Waals surface area contributed by atoms with Gasteiger partial charge in [-0.05, 0) is 31.0 Å². The number of imidazole rings is 1. The first kappa shape index (κ1) is 19.8. The molecular formula is C18H21N7O4S. The van der Waals surface area contributed by atoms with Crippen molar-refractivity contribution in [1.82, 2.24) is 14.6 Å². The summed E-state index contributed by atoms with van der Waals surface area (Å²) in [6.07, 6.45) is 4.04. The fourth-order valence-electron chi connectivity index (χ4n) is 2.87. The first-order valence-electron chi connectivity index (χ1n) is 9.11. The van der Waals surface area contributed by atoms with Gasteiger partial charge in [-0.2, -0.15) is 4.52 Å². The van der Waals surface area contributed by atoms with E-state index >= 15 is 0 Å². The first-order chi connectivity index (χ1) is 14.2. The van der Waals surface area contributed by atoms with Gasteiger partial charge in [0.05, 0.1) is 23.9 Å². The van der Waals surface area contributed by atoms with Crippen molar-refractivity contribution >= 4 is 50.3 Å². The van der Waals surface area contributed by atoms with Gasteiger partial charge < -0.3 is 21.1 Å². The number of carbonyl (C=O) groups is 1. The Labute approximate surface area is 172 Å². The molecule has 0 aliphatic heterocycles. The van der Waals surface area contributed by atoms with Crippen molar-refractivity contribution in [3.63, 3.8) is 0 Å². The van der Waals surface area contributed by atoms with Crippen molar-refractivity contribution in [2.45, 2.75) is 23.8 Å². The summed E-state index contributed by atoms with van der Waals surface area (Å²) >= 11 is 0. The Kier molecular flexibility index (Phi) is 4.86.